The number of carbonyl (C=O) groups is 1. The van der Waals surface area contributed by atoms with Gasteiger partial charge in [0.15, 0.2) is 0 Å². The van der Waals surface area contributed by atoms with Crippen molar-refractivity contribution in [1.82, 2.24) is 5.32 Å². The maximum Gasteiger partial charge on any atom is 0.262 e. The zero-order valence-electron chi connectivity index (χ0n) is 14.8. The molecule has 0 radical (unpaired) electrons. The third-order valence-corrected chi connectivity index (χ3v) is 5.22. The monoisotopic (exact) mass is 397 g/mol. The van der Waals surface area contributed by atoms with Crippen molar-refractivity contribution in [3.8, 4) is 0 Å². The fraction of sp³-hybridized carbons (Fsp3) is 0.278. The first kappa shape index (κ1) is 22.0. The SMILES string of the molecule is Cc1ccc(C)c(S(=O)(=O)Nc2ccccc2C(=O)NCCCN)c1.Cl. The molecule has 0 aliphatic carbocycles. The molecule has 142 valence electrons. The summed E-state index contributed by atoms with van der Waals surface area (Å²) < 4.78 is 28.0. The third kappa shape index (κ3) is 5.45. The van der Waals surface area contributed by atoms with Crippen molar-refractivity contribution < 1.29 is 13.2 Å². The number of nitrogens with two attached hydrogens (primary N) is 1. The Balaban J connectivity index is 0.00000338. The van der Waals surface area contributed by atoms with E-state index in [0.717, 1.165) is 5.56 Å². The van der Waals surface area contributed by atoms with Gasteiger partial charge in [0.1, 0.15) is 0 Å². The van der Waals surface area contributed by atoms with Gasteiger partial charge in [-0.3, -0.25) is 9.52 Å². The van der Waals surface area contributed by atoms with Crippen LogP contribution in [0.15, 0.2) is 47.4 Å². The average molecular weight is 398 g/mol. The number of para-hydroxylation sites is 1. The highest BCUT2D eigenvalue weighted by molar-refractivity contribution is 7.92. The van der Waals surface area contributed by atoms with Crippen LogP contribution in [0.3, 0.4) is 0 Å². The van der Waals surface area contributed by atoms with Gasteiger partial charge in [0, 0.05) is 6.54 Å². The normalized spacial score (nSPS) is 10.7. The number of amides is 1. The summed E-state index contributed by atoms with van der Waals surface area (Å²) in [6, 6.07) is 11.7. The van der Waals surface area contributed by atoms with E-state index in [-0.39, 0.29) is 34.5 Å². The van der Waals surface area contributed by atoms with Crippen LogP contribution in [-0.2, 0) is 10.0 Å². The van der Waals surface area contributed by atoms with Gasteiger partial charge in [-0.15, -0.1) is 12.4 Å². The minimum absolute atomic E-state index is 0. The van der Waals surface area contributed by atoms with E-state index in [2.05, 4.69) is 10.0 Å². The van der Waals surface area contributed by atoms with E-state index in [1.165, 1.54) is 0 Å². The smallest absolute Gasteiger partial charge is 0.262 e. The van der Waals surface area contributed by atoms with Crippen LogP contribution in [-0.4, -0.2) is 27.4 Å². The highest BCUT2D eigenvalue weighted by atomic mass is 35.5. The van der Waals surface area contributed by atoms with Crippen LogP contribution in [0, 0.1) is 13.8 Å². The molecule has 0 fully saturated rings. The quantitative estimate of drug-likeness (QED) is 0.625. The lowest BCUT2D eigenvalue weighted by Gasteiger charge is -2.14. The number of rotatable bonds is 7. The molecule has 0 spiro atoms. The van der Waals surface area contributed by atoms with E-state index < -0.39 is 10.0 Å². The number of hydrogen-bond donors (Lipinski definition) is 3. The molecule has 0 unspecified atom stereocenters. The van der Waals surface area contributed by atoms with E-state index >= 15 is 0 Å². The van der Waals surface area contributed by atoms with Gasteiger partial charge in [-0.05, 0) is 56.1 Å². The Bertz CT molecular complexity index is 870. The first-order valence-electron chi connectivity index (χ1n) is 8.02. The predicted octanol–water partition coefficient (Wildman–Crippen LogP) is 2.60. The number of anilines is 1. The zero-order valence-corrected chi connectivity index (χ0v) is 16.4. The van der Waals surface area contributed by atoms with Crippen LogP contribution in [0.5, 0.6) is 0 Å². The zero-order chi connectivity index (χ0) is 18.4. The molecule has 0 bridgehead atoms. The molecular weight excluding hydrogens is 374 g/mol. The number of benzene rings is 2. The molecule has 0 aliphatic rings. The van der Waals surface area contributed by atoms with Crippen molar-refractivity contribution in [2.75, 3.05) is 17.8 Å². The summed E-state index contributed by atoms with van der Waals surface area (Å²) in [6.07, 6.45) is 0.655. The molecule has 2 aromatic rings. The van der Waals surface area contributed by atoms with Crippen LogP contribution in [0.1, 0.15) is 27.9 Å². The first-order chi connectivity index (χ1) is 11.8. The summed E-state index contributed by atoms with van der Waals surface area (Å²) in [5.74, 6) is -0.340. The summed E-state index contributed by atoms with van der Waals surface area (Å²) in [5, 5.41) is 2.73. The van der Waals surface area contributed by atoms with Crippen LogP contribution >= 0.6 is 12.4 Å². The van der Waals surface area contributed by atoms with Crippen molar-refractivity contribution in [3.05, 3.63) is 59.2 Å². The molecular formula is C18H24ClN3O3S. The fourth-order valence-electron chi connectivity index (χ4n) is 2.37. The van der Waals surface area contributed by atoms with Crippen LogP contribution < -0.4 is 15.8 Å². The second-order valence-electron chi connectivity index (χ2n) is 5.82. The Labute approximate surface area is 160 Å². The summed E-state index contributed by atoms with van der Waals surface area (Å²) in [4.78, 5) is 12.5. The molecule has 8 heteroatoms. The molecule has 0 saturated carbocycles. The highest BCUT2D eigenvalue weighted by Gasteiger charge is 2.20. The van der Waals surface area contributed by atoms with Gasteiger partial charge >= 0.3 is 0 Å². The largest absolute Gasteiger partial charge is 0.352 e. The molecule has 1 amide bonds. The van der Waals surface area contributed by atoms with Gasteiger partial charge in [-0.1, -0.05) is 24.3 Å². The van der Waals surface area contributed by atoms with Gasteiger partial charge in [-0.25, -0.2) is 8.42 Å². The lowest BCUT2D eigenvalue weighted by molar-refractivity contribution is 0.0954. The van der Waals surface area contributed by atoms with Crippen molar-refractivity contribution in [3.63, 3.8) is 0 Å². The highest BCUT2D eigenvalue weighted by Crippen LogP contribution is 2.23. The van der Waals surface area contributed by atoms with Gasteiger partial charge in [0.05, 0.1) is 16.1 Å². The van der Waals surface area contributed by atoms with Crippen molar-refractivity contribution in [1.29, 1.82) is 0 Å². The number of halogens is 1. The summed E-state index contributed by atoms with van der Waals surface area (Å²) in [6.45, 7) is 4.48. The van der Waals surface area contributed by atoms with Crippen molar-refractivity contribution in [2.45, 2.75) is 25.2 Å². The Morgan fingerprint density at radius 3 is 2.50 bits per heavy atom. The van der Waals surface area contributed by atoms with E-state index in [0.29, 0.717) is 25.1 Å². The van der Waals surface area contributed by atoms with Crippen LogP contribution in [0.4, 0.5) is 5.69 Å². The fourth-order valence-corrected chi connectivity index (χ4v) is 3.78. The topological polar surface area (TPSA) is 101 Å². The summed E-state index contributed by atoms with van der Waals surface area (Å²) in [7, 11) is -3.80. The molecule has 0 aliphatic heterocycles. The number of hydrogen-bond acceptors (Lipinski definition) is 4. The Morgan fingerprint density at radius 2 is 1.81 bits per heavy atom. The van der Waals surface area contributed by atoms with Gasteiger partial charge in [0.25, 0.3) is 15.9 Å². The lowest BCUT2D eigenvalue weighted by Crippen LogP contribution is -2.27. The standard InChI is InChI=1S/C18H23N3O3S.ClH/c1-13-8-9-14(2)17(12-13)25(23,24)21-16-7-4-3-6-15(16)18(22)20-11-5-10-19;/h3-4,6-9,12,21H,5,10-11,19H2,1-2H3,(H,20,22);1H. The minimum Gasteiger partial charge on any atom is -0.352 e. The Hall–Kier alpha value is -2.09. The molecule has 26 heavy (non-hydrogen) atoms. The number of aryl methyl sites for hydroxylation is 2. The molecule has 0 saturated heterocycles. The second-order valence-corrected chi connectivity index (χ2v) is 7.47. The van der Waals surface area contributed by atoms with Crippen molar-refractivity contribution in [2.24, 2.45) is 5.73 Å². The van der Waals surface area contributed by atoms with E-state index in [1.807, 2.05) is 13.0 Å². The molecule has 0 aromatic heterocycles. The van der Waals surface area contributed by atoms with Crippen LogP contribution in [0.2, 0.25) is 0 Å². The average Bonchev–Trinajstić information content (AvgIpc) is 2.57. The minimum atomic E-state index is -3.80. The Morgan fingerprint density at radius 1 is 1.12 bits per heavy atom. The van der Waals surface area contributed by atoms with Gasteiger partial charge < -0.3 is 11.1 Å². The van der Waals surface area contributed by atoms with Gasteiger partial charge in [0.2, 0.25) is 0 Å². The third-order valence-electron chi connectivity index (χ3n) is 3.72. The summed E-state index contributed by atoms with van der Waals surface area (Å²) >= 11 is 0. The number of nitrogens with one attached hydrogen (secondary N) is 2. The van der Waals surface area contributed by atoms with E-state index in [1.54, 1.807) is 43.3 Å². The second kappa shape index (κ2) is 9.56. The molecule has 0 atom stereocenters. The van der Waals surface area contributed by atoms with E-state index in [9.17, 15) is 13.2 Å². The van der Waals surface area contributed by atoms with Gasteiger partial charge in [-0.2, -0.15) is 0 Å². The molecule has 0 heterocycles. The van der Waals surface area contributed by atoms with Crippen molar-refractivity contribution >= 4 is 34.0 Å². The first-order valence-corrected chi connectivity index (χ1v) is 9.51. The molecule has 2 aromatic carbocycles. The maximum atomic E-state index is 12.8. The molecule has 2 rings (SSSR count). The number of sulfonamides is 1. The maximum absolute atomic E-state index is 12.8. The van der Waals surface area contributed by atoms with Crippen LogP contribution in [0.25, 0.3) is 0 Å². The lowest BCUT2D eigenvalue weighted by atomic mass is 10.1. The predicted molar refractivity (Wildman–Crippen MR) is 106 cm³/mol. The van der Waals surface area contributed by atoms with E-state index in [4.69, 9.17) is 5.73 Å². The molecule has 4 N–H and O–H groups in total. The number of carbonyl (C=O) groups excluding carboxylic acids is 1. The molecule has 6 nitrogen and oxygen atoms in total. The summed E-state index contributed by atoms with van der Waals surface area (Å²) in [5.41, 5.74) is 7.42. The Kier molecular flexibility index (Phi) is 8.08.